The average Bonchev–Trinajstić information content (AvgIpc) is 2.40. The minimum absolute atomic E-state index is 0.522. The number of ether oxygens (including phenoxy) is 1. The lowest BCUT2D eigenvalue weighted by atomic mass is 10.0. The number of aromatic nitrogens is 2. The average molecular weight is 227 g/mol. The molecule has 86 valence electrons. The lowest BCUT2D eigenvalue weighted by Crippen LogP contribution is -2.12. The second-order valence-electron chi connectivity index (χ2n) is 3.97. The van der Waals surface area contributed by atoms with Crippen LogP contribution in [-0.2, 0) is 6.42 Å². The fraction of sp³-hybridized carbons (Fsp3) is 0.231. The zero-order chi connectivity index (χ0) is 11.5. The molecule has 1 aromatic carbocycles. The van der Waals surface area contributed by atoms with E-state index in [1.165, 1.54) is 12.0 Å². The molecule has 0 atom stereocenters. The van der Waals surface area contributed by atoms with E-state index in [0.29, 0.717) is 5.88 Å². The topological polar surface area (TPSA) is 47.0 Å². The number of rotatable bonds is 2. The van der Waals surface area contributed by atoms with E-state index in [9.17, 15) is 0 Å². The number of anilines is 1. The quantitative estimate of drug-likeness (QED) is 0.856. The fourth-order valence-electron chi connectivity index (χ4n) is 2.01. The van der Waals surface area contributed by atoms with E-state index in [4.69, 9.17) is 4.74 Å². The van der Waals surface area contributed by atoms with Crippen molar-refractivity contribution >= 4 is 5.69 Å². The number of benzene rings is 1. The second-order valence-corrected chi connectivity index (χ2v) is 3.97. The van der Waals surface area contributed by atoms with E-state index in [1.54, 1.807) is 18.6 Å². The van der Waals surface area contributed by atoms with Gasteiger partial charge in [-0.15, -0.1) is 0 Å². The molecular weight excluding hydrogens is 214 g/mol. The molecule has 0 fully saturated rings. The Bertz CT molecular complexity index is 513. The number of hydrogen-bond acceptors (Lipinski definition) is 4. The van der Waals surface area contributed by atoms with Gasteiger partial charge in [0, 0.05) is 18.9 Å². The smallest absolute Gasteiger partial charge is 0.237 e. The van der Waals surface area contributed by atoms with Crippen molar-refractivity contribution < 1.29 is 4.74 Å². The Morgan fingerprint density at radius 3 is 3.12 bits per heavy atom. The number of hydrogen-bond donors (Lipinski definition) is 1. The molecule has 0 unspecified atom stereocenters. The first-order chi connectivity index (χ1) is 8.43. The molecule has 3 rings (SSSR count). The van der Waals surface area contributed by atoms with Crippen LogP contribution in [-0.4, -0.2) is 16.5 Å². The standard InChI is InChI=1S/C13H13N3O/c1-3-10-4-2-6-16-13(10)11(5-1)17-12-9-14-7-8-15-12/h1,3,5,7-9,16H,2,4,6H2. The highest BCUT2D eigenvalue weighted by atomic mass is 16.5. The third-order valence-electron chi connectivity index (χ3n) is 2.79. The Balaban J connectivity index is 1.93. The number of fused-ring (bicyclic) bond motifs is 1. The first-order valence-electron chi connectivity index (χ1n) is 5.73. The third kappa shape index (κ3) is 2.06. The van der Waals surface area contributed by atoms with Gasteiger partial charge in [0.15, 0.2) is 5.75 Å². The highest BCUT2D eigenvalue weighted by molar-refractivity contribution is 5.63. The minimum Gasteiger partial charge on any atom is -0.435 e. The molecule has 0 bridgehead atoms. The first kappa shape index (κ1) is 10.1. The molecule has 2 aromatic rings. The first-order valence-corrected chi connectivity index (χ1v) is 5.73. The molecule has 1 aromatic heterocycles. The molecule has 0 saturated heterocycles. The maximum atomic E-state index is 5.74. The maximum absolute atomic E-state index is 5.74. The molecule has 1 aliphatic heterocycles. The normalized spacial score (nSPS) is 13.6. The fourth-order valence-corrected chi connectivity index (χ4v) is 2.01. The van der Waals surface area contributed by atoms with Crippen LogP contribution in [0.25, 0.3) is 0 Å². The van der Waals surface area contributed by atoms with Gasteiger partial charge in [-0.25, -0.2) is 4.98 Å². The van der Waals surface area contributed by atoms with Crippen LogP contribution < -0.4 is 10.1 Å². The van der Waals surface area contributed by atoms with Gasteiger partial charge in [0.1, 0.15) is 0 Å². The molecule has 2 heterocycles. The van der Waals surface area contributed by atoms with Crippen LogP contribution in [0, 0.1) is 0 Å². The van der Waals surface area contributed by atoms with Crippen molar-refractivity contribution in [1.29, 1.82) is 0 Å². The molecule has 0 saturated carbocycles. The molecule has 4 heteroatoms. The Morgan fingerprint density at radius 2 is 2.24 bits per heavy atom. The van der Waals surface area contributed by atoms with Gasteiger partial charge in [-0.05, 0) is 24.5 Å². The lowest BCUT2D eigenvalue weighted by molar-refractivity contribution is 0.460. The summed E-state index contributed by atoms with van der Waals surface area (Å²) < 4.78 is 5.74. The summed E-state index contributed by atoms with van der Waals surface area (Å²) in [6, 6.07) is 6.09. The SMILES string of the molecule is c1cc2c(c(Oc3cnccn3)c1)NCCC2. The van der Waals surface area contributed by atoms with E-state index in [1.807, 2.05) is 12.1 Å². The molecule has 0 aliphatic carbocycles. The van der Waals surface area contributed by atoms with E-state index >= 15 is 0 Å². The number of nitrogens with zero attached hydrogens (tertiary/aromatic N) is 2. The molecular formula is C13H13N3O. The summed E-state index contributed by atoms with van der Waals surface area (Å²) in [5, 5.41) is 3.38. The van der Waals surface area contributed by atoms with Crippen molar-refractivity contribution in [1.82, 2.24) is 9.97 Å². The molecule has 0 amide bonds. The van der Waals surface area contributed by atoms with Gasteiger partial charge in [0.05, 0.1) is 11.9 Å². The summed E-state index contributed by atoms with van der Waals surface area (Å²) in [7, 11) is 0. The Morgan fingerprint density at radius 1 is 1.24 bits per heavy atom. The summed E-state index contributed by atoms with van der Waals surface area (Å²) in [6.45, 7) is 0.994. The lowest BCUT2D eigenvalue weighted by Gasteiger charge is -2.20. The van der Waals surface area contributed by atoms with Crippen LogP contribution in [0.4, 0.5) is 5.69 Å². The van der Waals surface area contributed by atoms with Crippen LogP contribution in [0.5, 0.6) is 11.6 Å². The molecule has 0 radical (unpaired) electrons. The highest BCUT2D eigenvalue weighted by Gasteiger charge is 2.13. The summed E-state index contributed by atoms with van der Waals surface area (Å²) in [5.41, 5.74) is 2.39. The van der Waals surface area contributed by atoms with Gasteiger partial charge < -0.3 is 10.1 Å². The minimum atomic E-state index is 0.522. The molecule has 1 aliphatic rings. The number of aryl methyl sites for hydroxylation is 1. The summed E-state index contributed by atoms with van der Waals surface area (Å²) >= 11 is 0. The predicted octanol–water partition coefficient (Wildman–Crippen LogP) is 2.63. The van der Waals surface area contributed by atoms with Gasteiger partial charge in [-0.1, -0.05) is 12.1 Å². The maximum Gasteiger partial charge on any atom is 0.237 e. The van der Waals surface area contributed by atoms with Crippen molar-refractivity contribution in [2.45, 2.75) is 12.8 Å². The van der Waals surface area contributed by atoms with E-state index in [0.717, 1.165) is 24.4 Å². The van der Waals surface area contributed by atoms with E-state index in [2.05, 4.69) is 21.4 Å². The van der Waals surface area contributed by atoms with E-state index < -0.39 is 0 Å². The molecule has 17 heavy (non-hydrogen) atoms. The summed E-state index contributed by atoms with van der Waals surface area (Å²) in [5.74, 6) is 1.34. The highest BCUT2D eigenvalue weighted by Crippen LogP contribution is 2.34. The van der Waals surface area contributed by atoms with Crippen molar-refractivity contribution in [3.63, 3.8) is 0 Å². The van der Waals surface area contributed by atoms with Crippen LogP contribution in [0.3, 0.4) is 0 Å². The monoisotopic (exact) mass is 227 g/mol. The van der Waals surface area contributed by atoms with Crippen LogP contribution >= 0.6 is 0 Å². The van der Waals surface area contributed by atoms with Crippen molar-refractivity contribution in [3.8, 4) is 11.6 Å². The van der Waals surface area contributed by atoms with Gasteiger partial charge in [-0.2, -0.15) is 0 Å². The van der Waals surface area contributed by atoms with Crippen LogP contribution in [0.15, 0.2) is 36.8 Å². The Hall–Kier alpha value is -2.10. The van der Waals surface area contributed by atoms with Gasteiger partial charge in [0.2, 0.25) is 5.88 Å². The summed E-state index contributed by atoms with van der Waals surface area (Å²) in [6.07, 6.45) is 7.13. The molecule has 0 spiro atoms. The number of nitrogens with one attached hydrogen (secondary N) is 1. The van der Waals surface area contributed by atoms with Gasteiger partial charge in [0.25, 0.3) is 0 Å². The predicted molar refractivity (Wildman–Crippen MR) is 65.4 cm³/mol. The van der Waals surface area contributed by atoms with E-state index in [-0.39, 0.29) is 0 Å². The zero-order valence-corrected chi connectivity index (χ0v) is 9.39. The van der Waals surface area contributed by atoms with Crippen LogP contribution in [0.1, 0.15) is 12.0 Å². The van der Waals surface area contributed by atoms with Crippen molar-refractivity contribution in [3.05, 3.63) is 42.4 Å². The van der Waals surface area contributed by atoms with Crippen LogP contribution in [0.2, 0.25) is 0 Å². The van der Waals surface area contributed by atoms with Crippen molar-refractivity contribution in [2.24, 2.45) is 0 Å². The Labute approximate surface area is 99.7 Å². The van der Waals surface area contributed by atoms with Gasteiger partial charge >= 0.3 is 0 Å². The molecule has 4 nitrogen and oxygen atoms in total. The number of para-hydroxylation sites is 1. The largest absolute Gasteiger partial charge is 0.435 e. The zero-order valence-electron chi connectivity index (χ0n) is 9.39. The summed E-state index contributed by atoms with van der Waals surface area (Å²) in [4.78, 5) is 8.10. The molecule has 1 N–H and O–H groups in total. The Kier molecular flexibility index (Phi) is 2.62. The third-order valence-corrected chi connectivity index (χ3v) is 2.79. The van der Waals surface area contributed by atoms with Crippen molar-refractivity contribution in [2.75, 3.05) is 11.9 Å². The van der Waals surface area contributed by atoms with Gasteiger partial charge in [-0.3, -0.25) is 4.98 Å². The second kappa shape index (κ2) is 4.41.